The number of unbranched alkanes of at least 4 members (excludes halogenated alkanes) is 1. The number of ether oxygens (including phenoxy) is 2. The Morgan fingerprint density at radius 3 is 2.56 bits per heavy atom. The Morgan fingerprint density at radius 1 is 1.22 bits per heavy atom. The molecule has 0 unspecified atom stereocenters. The minimum Gasteiger partial charge on any atom is -0.497 e. The second-order valence-electron chi connectivity index (χ2n) is 6.04. The lowest BCUT2D eigenvalue weighted by molar-refractivity contribution is 0.412. The number of methoxy groups -OCH3 is 1. The van der Waals surface area contributed by atoms with Gasteiger partial charge >= 0.3 is 0 Å². The summed E-state index contributed by atoms with van der Waals surface area (Å²) in [6, 6.07) is 11.3. The molecule has 0 aliphatic heterocycles. The van der Waals surface area contributed by atoms with E-state index in [1.165, 1.54) is 0 Å². The van der Waals surface area contributed by atoms with E-state index in [-0.39, 0.29) is 0 Å². The van der Waals surface area contributed by atoms with E-state index in [2.05, 4.69) is 26.8 Å². The van der Waals surface area contributed by atoms with E-state index < -0.39 is 0 Å². The Hall–Kier alpha value is -3.02. The summed E-state index contributed by atoms with van der Waals surface area (Å²) in [7, 11) is 5.46. The molecule has 0 bridgehead atoms. The maximum atomic E-state index is 5.75. The van der Waals surface area contributed by atoms with E-state index >= 15 is 0 Å². The maximum Gasteiger partial charge on any atom is 0.219 e. The van der Waals surface area contributed by atoms with Crippen molar-refractivity contribution >= 4 is 5.96 Å². The maximum absolute atomic E-state index is 5.75. The molecule has 6 nitrogen and oxygen atoms in total. The first-order valence-electron chi connectivity index (χ1n) is 8.95. The van der Waals surface area contributed by atoms with Crippen LogP contribution in [-0.2, 0) is 6.54 Å². The highest BCUT2D eigenvalue weighted by Gasteiger charge is 2.06. The Bertz CT molecular complexity index is 727. The third-order valence-electron chi connectivity index (χ3n) is 4.01. The molecule has 0 fully saturated rings. The third-order valence-corrected chi connectivity index (χ3v) is 4.01. The highest BCUT2D eigenvalue weighted by molar-refractivity contribution is 5.79. The summed E-state index contributed by atoms with van der Waals surface area (Å²) in [6.07, 6.45) is 5.79. The first-order valence-corrected chi connectivity index (χ1v) is 8.95. The van der Waals surface area contributed by atoms with E-state index in [9.17, 15) is 0 Å². The van der Waals surface area contributed by atoms with Gasteiger partial charge in [0.15, 0.2) is 5.96 Å². The quantitative estimate of drug-likeness (QED) is 0.315. The van der Waals surface area contributed by atoms with Crippen LogP contribution in [0.25, 0.3) is 0 Å². The zero-order valence-electron chi connectivity index (χ0n) is 16.3. The van der Waals surface area contributed by atoms with Crippen molar-refractivity contribution in [2.24, 2.45) is 4.99 Å². The van der Waals surface area contributed by atoms with Crippen LogP contribution >= 0.6 is 0 Å². The van der Waals surface area contributed by atoms with Crippen LogP contribution in [0.4, 0.5) is 0 Å². The van der Waals surface area contributed by atoms with Gasteiger partial charge in [-0.1, -0.05) is 12.1 Å². The lowest BCUT2D eigenvalue weighted by Gasteiger charge is -2.21. The third kappa shape index (κ3) is 6.66. The Balaban J connectivity index is 1.86. The van der Waals surface area contributed by atoms with Crippen molar-refractivity contribution in [1.29, 1.82) is 0 Å². The van der Waals surface area contributed by atoms with Crippen molar-refractivity contribution in [1.82, 2.24) is 15.2 Å². The fourth-order valence-corrected chi connectivity index (χ4v) is 2.48. The fourth-order valence-electron chi connectivity index (χ4n) is 2.48. The first-order chi connectivity index (χ1) is 13.2. The molecule has 1 aromatic heterocycles. The van der Waals surface area contributed by atoms with Gasteiger partial charge in [0.05, 0.1) is 7.11 Å². The summed E-state index contributed by atoms with van der Waals surface area (Å²) in [5.74, 6) is 2.92. The van der Waals surface area contributed by atoms with Gasteiger partial charge in [-0.2, -0.15) is 0 Å². The molecule has 0 aliphatic carbocycles. The number of guanidine groups is 1. The van der Waals surface area contributed by atoms with Gasteiger partial charge in [-0.25, -0.2) is 4.98 Å². The SMILES string of the molecule is C=CCCCN(C)C(=NC)NCc1ccc(Oc2ccc(OC)cc2)nc1. The molecular formula is C21H28N4O2. The van der Waals surface area contributed by atoms with E-state index in [0.29, 0.717) is 12.4 Å². The van der Waals surface area contributed by atoms with Crippen LogP contribution in [0.3, 0.4) is 0 Å². The highest BCUT2D eigenvalue weighted by Crippen LogP contribution is 2.22. The smallest absolute Gasteiger partial charge is 0.219 e. The lowest BCUT2D eigenvalue weighted by Crippen LogP contribution is -2.38. The number of nitrogens with one attached hydrogen (secondary N) is 1. The molecule has 0 aliphatic rings. The van der Waals surface area contributed by atoms with Gasteiger partial charge in [0.1, 0.15) is 11.5 Å². The van der Waals surface area contributed by atoms with Gasteiger partial charge in [0.2, 0.25) is 5.88 Å². The van der Waals surface area contributed by atoms with Crippen LogP contribution in [0.5, 0.6) is 17.4 Å². The predicted octanol–water partition coefficient (Wildman–Crippen LogP) is 3.86. The molecule has 0 saturated heterocycles. The van der Waals surface area contributed by atoms with Crippen LogP contribution < -0.4 is 14.8 Å². The van der Waals surface area contributed by atoms with Crippen LogP contribution in [0.1, 0.15) is 18.4 Å². The van der Waals surface area contributed by atoms with Crippen LogP contribution in [0.2, 0.25) is 0 Å². The highest BCUT2D eigenvalue weighted by atomic mass is 16.5. The number of aromatic nitrogens is 1. The normalized spacial score (nSPS) is 11.0. The van der Waals surface area contributed by atoms with Gasteiger partial charge in [0.25, 0.3) is 0 Å². The molecule has 6 heteroatoms. The predicted molar refractivity (Wildman–Crippen MR) is 110 cm³/mol. The Labute approximate surface area is 161 Å². The van der Waals surface area contributed by atoms with Gasteiger partial charge in [-0.3, -0.25) is 4.99 Å². The molecule has 0 amide bonds. The molecule has 1 heterocycles. The average molecular weight is 368 g/mol. The number of rotatable bonds is 9. The molecule has 2 aromatic rings. The molecule has 0 saturated carbocycles. The monoisotopic (exact) mass is 368 g/mol. The fraction of sp³-hybridized carbons (Fsp3) is 0.333. The number of benzene rings is 1. The van der Waals surface area contributed by atoms with E-state index in [1.807, 2.05) is 49.5 Å². The molecule has 0 atom stereocenters. The molecule has 0 spiro atoms. The first kappa shape index (κ1) is 20.3. The second kappa shape index (κ2) is 10.9. The zero-order chi connectivity index (χ0) is 19.5. The van der Waals surface area contributed by atoms with Gasteiger partial charge in [-0.05, 0) is 42.7 Å². The minimum atomic E-state index is 0.551. The van der Waals surface area contributed by atoms with Crippen molar-refractivity contribution in [2.45, 2.75) is 19.4 Å². The summed E-state index contributed by atoms with van der Waals surface area (Å²) in [5.41, 5.74) is 1.05. The van der Waals surface area contributed by atoms with Gasteiger partial charge < -0.3 is 19.7 Å². The van der Waals surface area contributed by atoms with E-state index in [4.69, 9.17) is 9.47 Å². The molecule has 0 radical (unpaired) electrons. The van der Waals surface area contributed by atoms with E-state index in [1.54, 1.807) is 20.4 Å². The average Bonchev–Trinajstić information content (AvgIpc) is 2.70. The molecule has 144 valence electrons. The molecule has 1 aromatic carbocycles. The number of hydrogen-bond donors (Lipinski definition) is 1. The van der Waals surface area contributed by atoms with Crippen molar-refractivity contribution in [3.05, 3.63) is 60.8 Å². The summed E-state index contributed by atoms with van der Waals surface area (Å²) >= 11 is 0. The number of allylic oxidation sites excluding steroid dienone is 1. The second-order valence-corrected chi connectivity index (χ2v) is 6.04. The topological polar surface area (TPSA) is 59.0 Å². The van der Waals surface area contributed by atoms with Crippen molar-refractivity contribution in [3.8, 4) is 17.4 Å². The molecule has 2 rings (SSSR count). The standard InChI is InChI=1S/C21H28N4O2/c1-5-6-7-14-25(3)21(22-2)24-16-17-8-13-20(23-15-17)27-19-11-9-18(26-4)10-12-19/h5,8-13,15H,1,6-7,14,16H2,2-4H3,(H,22,24). The van der Waals surface area contributed by atoms with Crippen LogP contribution in [0, 0.1) is 0 Å². The summed E-state index contributed by atoms with van der Waals surface area (Å²) in [5, 5.41) is 3.35. The molecule has 27 heavy (non-hydrogen) atoms. The summed E-state index contributed by atoms with van der Waals surface area (Å²) in [6.45, 7) is 5.33. The zero-order valence-corrected chi connectivity index (χ0v) is 16.3. The van der Waals surface area contributed by atoms with Gasteiger partial charge in [-0.15, -0.1) is 6.58 Å². The number of hydrogen-bond acceptors (Lipinski definition) is 4. The summed E-state index contributed by atoms with van der Waals surface area (Å²) in [4.78, 5) is 10.8. The molecule has 1 N–H and O–H groups in total. The molecular weight excluding hydrogens is 340 g/mol. The van der Waals surface area contributed by atoms with Crippen LogP contribution in [-0.4, -0.2) is 43.6 Å². The lowest BCUT2D eigenvalue weighted by atomic mass is 10.3. The van der Waals surface area contributed by atoms with Crippen molar-refractivity contribution in [3.63, 3.8) is 0 Å². The van der Waals surface area contributed by atoms with Crippen molar-refractivity contribution in [2.75, 3.05) is 27.7 Å². The number of nitrogens with zero attached hydrogens (tertiary/aromatic N) is 3. The largest absolute Gasteiger partial charge is 0.497 e. The Morgan fingerprint density at radius 2 is 1.96 bits per heavy atom. The Kier molecular flexibility index (Phi) is 8.16. The summed E-state index contributed by atoms with van der Waals surface area (Å²) < 4.78 is 10.9. The minimum absolute atomic E-state index is 0.551. The number of aliphatic imine (C=N–C) groups is 1. The number of pyridine rings is 1. The van der Waals surface area contributed by atoms with Crippen molar-refractivity contribution < 1.29 is 9.47 Å². The van der Waals surface area contributed by atoms with E-state index in [0.717, 1.165) is 42.4 Å². The van der Waals surface area contributed by atoms with Gasteiger partial charge in [0, 0.05) is 39.4 Å². The van der Waals surface area contributed by atoms with Crippen LogP contribution in [0.15, 0.2) is 60.2 Å².